The topological polar surface area (TPSA) is 42.4 Å². The lowest BCUT2D eigenvalue weighted by Crippen LogP contribution is -2.55. The fraction of sp³-hybridized carbons (Fsp3) is 0.667. The molecule has 2 N–H and O–H groups in total. The van der Waals surface area contributed by atoms with Gasteiger partial charge in [0.1, 0.15) is 0 Å². The summed E-state index contributed by atoms with van der Waals surface area (Å²) in [4.78, 5) is 2.21. The molecule has 0 aliphatic rings. The van der Waals surface area contributed by atoms with Crippen LogP contribution in [-0.2, 0) is 6.42 Å². The Balaban J connectivity index is 2.69. The quantitative estimate of drug-likeness (QED) is 0.807. The second-order valence-electron chi connectivity index (χ2n) is 4.55. The van der Waals surface area contributed by atoms with E-state index in [-0.39, 0.29) is 11.6 Å². The molecule has 1 aromatic heterocycles. The van der Waals surface area contributed by atoms with Crippen molar-refractivity contribution >= 4 is 0 Å². The molecule has 2 unspecified atom stereocenters. The van der Waals surface area contributed by atoms with Gasteiger partial charge in [0.25, 0.3) is 0 Å². The molecule has 0 aliphatic heterocycles. The van der Waals surface area contributed by atoms with Crippen LogP contribution in [0.5, 0.6) is 0 Å². The summed E-state index contributed by atoms with van der Waals surface area (Å²) in [6, 6.07) is 2.10. The zero-order chi connectivity index (χ0) is 11.5. The summed E-state index contributed by atoms with van der Waals surface area (Å²) in [5, 5.41) is 0. The normalized spacial score (nSPS) is 17.7. The molecule has 0 bridgehead atoms. The first-order chi connectivity index (χ1) is 7.00. The van der Waals surface area contributed by atoms with Crippen LogP contribution < -0.4 is 5.73 Å². The molecule has 0 saturated carbocycles. The van der Waals surface area contributed by atoms with Gasteiger partial charge in [-0.15, -0.1) is 0 Å². The molecule has 0 fully saturated rings. The highest BCUT2D eigenvalue weighted by Crippen LogP contribution is 2.22. The predicted octanol–water partition coefficient (Wildman–Crippen LogP) is 1.88. The van der Waals surface area contributed by atoms with Crippen molar-refractivity contribution in [1.29, 1.82) is 0 Å². The summed E-state index contributed by atoms with van der Waals surface area (Å²) < 4.78 is 5.05. The van der Waals surface area contributed by atoms with Gasteiger partial charge < -0.3 is 15.1 Å². The number of nitrogens with zero attached hydrogens (tertiary/aromatic N) is 1. The molecule has 15 heavy (non-hydrogen) atoms. The molecule has 1 rings (SSSR count). The van der Waals surface area contributed by atoms with Gasteiger partial charge in [0.05, 0.1) is 12.5 Å². The lowest BCUT2D eigenvalue weighted by molar-refractivity contribution is 0.131. The summed E-state index contributed by atoms with van der Waals surface area (Å²) >= 11 is 0. The van der Waals surface area contributed by atoms with E-state index in [0.717, 1.165) is 12.8 Å². The molecule has 86 valence electrons. The number of furan rings is 1. The Kier molecular flexibility index (Phi) is 3.94. The Morgan fingerprint density at radius 1 is 1.53 bits per heavy atom. The maximum atomic E-state index is 6.27. The Labute approximate surface area is 92.2 Å². The highest BCUT2D eigenvalue weighted by atomic mass is 16.3. The van der Waals surface area contributed by atoms with Gasteiger partial charge in [-0.25, -0.2) is 0 Å². The van der Waals surface area contributed by atoms with Gasteiger partial charge in [-0.05, 0) is 45.5 Å². The molecule has 0 saturated heterocycles. The zero-order valence-electron chi connectivity index (χ0n) is 10.2. The van der Waals surface area contributed by atoms with Crippen LogP contribution in [0.25, 0.3) is 0 Å². The first-order valence-corrected chi connectivity index (χ1v) is 5.44. The first kappa shape index (κ1) is 12.3. The number of likely N-dealkylation sites (N-methyl/N-ethyl adjacent to an activating group) is 1. The standard InChI is InChI=1S/C12H22N2O/c1-5-12(2,14(3)4)11(13)8-10-6-7-15-9-10/h6-7,9,11H,5,8,13H2,1-4H3. The van der Waals surface area contributed by atoms with E-state index in [1.165, 1.54) is 5.56 Å². The van der Waals surface area contributed by atoms with Crippen molar-refractivity contribution < 1.29 is 4.42 Å². The van der Waals surface area contributed by atoms with E-state index >= 15 is 0 Å². The summed E-state index contributed by atoms with van der Waals surface area (Å²) in [7, 11) is 4.16. The molecule has 0 amide bonds. The van der Waals surface area contributed by atoms with E-state index < -0.39 is 0 Å². The van der Waals surface area contributed by atoms with Crippen molar-refractivity contribution in [3.63, 3.8) is 0 Å². The molecule has 0 radical (unpaired) electrons. The smallest absolute Gasteiger partial charge is 0.0935 e. The predicted molar refractivity (Wildman–Crippen MR) is 62.8 cm³/mol. The van der Waals surface area contributed by atoms with Crippen LogP contribution in [-0.4, -0.2) is 30.6 Å². The van der Waals surface area contributed by atoms with E-state index in [1.54, 1.807) is 12.5 Å². The number of rotatable bonds is 5. The minimum atomic E-state index is 0.0390. The van der Waals surface area contributed by atoms with Crippen molar-refractivity contribution in [2.45, 2.75) is 38.3 Å². The molecule has 2 atom stereocenters. The van der Waals surface area contributed by atoms with Crippen LogP contribution in [0.4, 0.5) is 0 Å². The monoisotopic (exact) mass is 210 g/mol. The zero-order valence-corrected chi connectivity index (χ0v) is 10.2. The van der Waals surface area contributed by atoms with Crippen molar-refractivity contribution in [1.82, 2.24) is 4.90 Å². The Hall–Kier alpha value is -0.800. The molecule has 3 heteroatoms. The number of nitrogens with two attached hydrogens (primary N) is 1. The lowest BCUT2D eigenvalue weighted by atomic mass is 9.85. The Bertz CT molecular complexity index is 282. The third-order valence-corrected chi connectivity index (χ3v) is 3.57. The summed E-state index contributed by atoms with van der Waals surface area (Å²) in [5.74, 6) is 0. The highest BCUT2D eigenvalue weighted by molar-refractivity contribution is 5.10. The molecule has 3 nitrogen and oxygen atoms in total. The molecular formula is C12H22N2O. The fourth-order valence-corrected chi connectivity index (χ4v) is 1.79. The molecule has 0 spiro atoms. The highest BCUT2D eigenvalue weighted by Gasteiger charge is 2.32. The van der Waals surface area contributed by atoms with Crippen molar-refractivity contribution in [2.75, 3.05) is 14.1 Å². The minimum Gasteiger partial charge on any atom is -0.472 e. The van der Waals surface area contributed by atoms with Crippen LogP contribution in [0.2, 0.25) is 0 Å². The van der Waals surface area contributed by atoms with Crippen LogP contribution in [0, 0.1) is 0 Å². The second-order valence-corrected chi connectivity index (χ2v) is 4.55. The SMILES string of the molecule is CCC(C)(C(N)Cc1ccoc1)N(C)C. The lowest BCUT2D eigenvalue weighted by Gasteiger charge is -2.40. The summed E-state index contributed by atoms with van der Waals surface area (Å²) in [6.45, 7) is 4.38. The van der Waals surface area contributed by atoms with Crippen LogP contribution in [0.15, 0.2) is 23.0 Å². The second kappa shape index (κ2) is 4.81. The van der Waals surface area contributed by atoms with Gasteiger partial charge in [-0.3, -0.25) is 0 Å². The van der Waals surface area contributed by atoms with E-state index in [0.29, 0.717) is 0 Å². The first-order valence-electron chi connectivity index (χ1n) is 5.44. The molecule has 0 aromatic carbocycles. The van der Waals surface area contributed by atoms with Gasteiger partial charge in [-0.1, -0.05) is 6.92 Å². The Morgan fingerprint density at radius 2 is 2.20 bits per heavy atom. The van der Waals surface area contributed by atoms with Crippen LogP contribution in [0.1, 0.15) is 25.8 Å². The van der Waals surface area contributed by atoms with Crippen LogP contribution in [0.3, 0.4) is 0 Å². The van der Waals surface area contributed by atoms with Crippen molar-refractivity contribution in [2.24, 2.45) is 5.73 Å². The van der Waals surface area contributed by atoms with E-state index in [4.69, 9.17) is 10.2 Å². The average Bonchev–Trinajstić information content (AvgIpc) is 2.68. The van der Waals surface area contributed by atoms with E-state index in [2.05, 4.69) is 32.8 Å². The number of hydrogen-bond acceptors (Lipinski definition) is 3. The van der Waals surface area contributed by atoms with Crippen molar-refractivity contribution in [3.05, 3.63) is 24.2 Å². The maximum absolute atomic E-state index is 6.27. The largest absolute Gasteiger partial charge is 0.472 e. The van der Waals surface area contributed by atoms with E-state index in [9.17, 15) is 0 Å². The summed E-state index contributed by atoms with van der Waals surface area (Å²) in [6.07, 6.45) is 5.37. The average molecular weight is 210 g/mol. The van der Waals surface area contributed by atoms with Gasteiger partial charge in [0, 0.05) is 11.6 Å². The van der Waals surface area contributed by atoms with Gasteiger partial charge in [0.15, 0.2) is 0 Å². The van der Waals surface area contributed by atoms with Gasteiger partial charge >= 0.3 is 0 Å². The number of hydrogen-bond donors (Lipinski definition) is 1. The van der Waals surface area contributed by atoms with E-state index in [1.807, 2.05) is 6.07 Å². The van der Waals surface area contributed by atoms with Crippen molar-refractivity contribution in [3.8, 4) is 0 Å². The van der Waals surface area contributed by atoms with Crippen LogP contribution >= 0.6 is 0 Å². The minimum absolute atomic E-state index is 0.0390. The molecule has 1 aromatic rings. The fourth-order valence-electron chi connectivity index (χ4n) is 1.79. The maximum Gasteiger partial charge on any atom is 0.0935 e. The third kappa shape index (κ3) is 2.61. The molecular weight excluding hydrogens is 188 g/mol. The van der Waals surface area contributed by atoms with Gasteiger partial charge in [-0.2, -0.15) is 0 Å². The van der Waals surface area contributed by atoms with Gasteiger partial charge in [0.2, 0.25) is 0 Å². The molecule has 0 aliphatic carbocycles. The Morgan fingerprint density at radius 3 is 2.60 bits per heavy atom. The molecule has 1 heterocycles. The third-order valence-electron chi connectivity index (χ3n) is 3.57. The summed E-state index contributed by atoms with van der Waals surface area (Å²) in [5.41, 5.74) is 7.48.